The maximum Gasteiger partial charge on any atom is 0.191 e. The van der Waals surface area contributed by atoms with Crippen molar-refractivity contribution in [3.05, 3.63) is 29.8 Å². The lowest BCUT2D eigenvalue weighted by molar-refractivity contribution is 0.0170. The van der Waals surface area contributed by atoms with E-state index in [0.29, 0.717) is 0 Å². The summed E-state index contributed by atoms with van der Waals surface area (Å²) in [5, 5.41) is 7.00. The maximum absolute atomic E-state index is 5.55. The minimum Gasteiger partial charge on any atom is -0.497 e. The molecule has 29 heavy (non-hydrogen) atoms. The van der Waals surface area contributed by atoms with Gasteiger partial charge in [0.05, 0.1) is 26.4 Å². The summed E-state index contributed by atoms with van der Waals surface area (Å²) >= 11 is 0. The molecule has 0 spiro atoms. The first-order chi connectivity index (χ1) is 14.3. The summed E-state index contributed by atoms with van der Waals surface area (Å²) in [5.41, 5.74) is 1.28. The SMILES string of the molecule is CN=C(NCCCN1CCCC1)NCC(c1ccc(OC)cc1)N1CCOCC1. The van der Waals surface area contributed by atoms with Crippen LogP contribution >= 0.6 is 0 Å². The average molecular weight is 404 g/mol. The van der Waals surface area contributed by atoms with Gasteiger partial charge in [-0.25, -0.2) is 0 Å². The number of hydrogen-bond acceptors (Lipinski definition) is 5. The normalized spacial score (nSPS) is 19.9. The number of ether oxygens (including phenoxy) is 2. The molecule has 0 aliphatic carbocycles. The Morgan fingerprint density at radius 2 is 1.83 bits per heavy atom. The van der Waals surface area contributed by atoms with Crippen LogP contribution in [-0.2, 0) is 4.74 Å². The molecule has 0 radical (unpaired) electrons. The van der Waals surface area contributed by atoms with Gasteiger partial charge in [-0.3, -0.25) is 9.89 Å². The number of morpholine rings is 1. The Morgan fingerprint density at radius 3 is 2.48 bits per heavy atom. The first-order valence-electron chi connectivity index (χ1n) is 10.9. The first-order valence-corrected chi connectivity index (χ1v) is 10.9. The number of likely N-dealkylation sites (tertiary alicyclic amines) is 1. The molecule has 7 nitrogen and oxygen atoms in total. The highest BCUT2D eigenvalue weighted by Gasteiger charge is 2.23. The van der Waals surface area contributed by atoms with Gasteiger partial charge in [0.25, 0.3) is 0 Å². The van der Waals surface area contributed by atoms with Gasteiger partial charge in [-0.05, 0) is 56.6 Å². The van der Waals surface area contributed by atoms with E-state index in [0.717, 1.165) is 57.5 Å². The fraction of sp³-hybridized carbons (Fsp3) is 0.682. The highest BCUT2D eigenvalue weighted by Crippen LogP contribution is 2.23. The number of hydrogen-bond donors (Lipinski definition) is 2. The lowest BCUT2D eigenvalue weighted by Crippen LogP contribution is -2.46. The smallest absolute Gasteiger partial charge is 0.191 e. The molecular formula is C22H37N5O2. The van der Waals surface area contributed by atoms with E-state index in [1.54, 1.807) is 7.11 Å². The third-order valence-electron chi connectivity index (χ3n) is 5.82. The molecular weight excluding hydrogens is 366 g/mol. The predicted molar refractivity (Wildman–Crippen MR) is 118 cm³/mol. The number of benzene rings is 1. The number of nitrogens with zero attached hydrogens (tertiary/aromatic N) is 3. The van der Waals surface area contributed by atoms with Gasteiger partial charge < -0.3 is 25.0 Å². The molecule has 2 N–H and O–H groups in total. The summed E-state index contributed by atoms with van der Waals surface area (Å²) in [7, 11) is 3.54. The molecule has 2 saturated heterocycles. The van der Waals surface area contributed by atoms with Crippen LogP contribution in [0, 0.1) is 0 Å². The molecule has 1 unspecified atom stereocenters. The summed E-state index contributed by atoms with van der Waals surface area (Å²) in [6.45, 7) is 8.91. The standard InChI is InChI=1S/C22H37N5O2/c1-23-22(24-10-5-13-26-11-3-4-12-26)25-18-21(27-14-16-29-17-15-27)19-6-8-20(28-2)9-7-19/h6-9,21H,3-5,10-18H2,1-2H3,(H2,23,24,25). The molecule has 7 heteroatoms. The van der Waals surface area contributed by atoms with Gasteiger partial charge in [-0.2, -0.15) is 0 Å². The lowest BCUT2D eigenvalue weighted by Gasteiger charge is -2.35. The molecule has 0 saturated carbocycles. The molecule has 0 bridgehead atoms. The van der Waals surface area contributed by atoms with Crippen molar-refractivity contribution in [3.8, 4) is 5.75 Å². The predicted octanol–water partition coefficient (Wildman–Crippen LogP) is 1.72. The molecule has 162 valence electrons. The van der Waals surface area contributed by atoms with Crippen LogP contribution in [0.2, 0.25) is 0 Å². The van der Waals surface area contributed by atoms with Gasteiger partial charge in [0, 0.05) is 33.2 Å². The molecule has 0 aromatic heterocycles. The van der Waals surface area contributed by atoms with E-state index < -0.39 is 0 Å². The molecule has 2 heterocycles. The van der Waals surface area contributed by atoms with Crippen molar-refractivity contribution < 1.29 is 9.47 Å². The largest absolute Gasteiger partial charge is 0.497 e. The fourth-order valence-corrected chi connectivity index (χ4v) is 4.10. The minimum absolute atomic E-state index is 0.271. The summed E-state index contributed by atoms with van der Waals surface area (Å²) in [5.74, 6) is 1.76. The minimum atomic E-state index is 0.271. The zero-order valence-corrected chi connectivity index (χ0v) is 18.0. The van der Waals surface area contributed by atoms with Crippen LogP contribution in [0.5, 0.6) is 5.75 Å². The van der Waals surface area contributed by atoms with E-state index in [4.69, 9.17) is 9.47 Å². The average Bonchev–Trinajstić information content (AvgIpc) is 3.30. The van der Waals surface area contributed by atoms with Crippen LogP contribution in [0.1, 0.15) is 30.9 Å². The summed E-state index contributed by atoms with van der Waals surface area (Å²) < 4.78 is 10.9. The molecule has 0 amide bonds. The Bertz CT molecular complexity index is 610. The number of guanidine groups is 1. The fourth-order valence-electron chi connectivity index (χ4n) is 4.10. The van der Waals surface area contributed by atoms with Crippen molar-refractivity contribution in [2.75, 3.05) is 73.2 Å². The first kappa shape index (κ1) is 21.9. The second-order valence-electron chi connectivity index (χ2n) is 7.72. The highest BCUT2D eigenvalue weighted by molar-refractivity contribution is 5.79. The van der Waals surface area contributed by atoms with Crippen LogP contribution in [0.3, 0.4) is 0 Å². The van der Waals surface area contributed by atoms with E-state index in [1.807, 2.05) is 19.2 Å². The van der Waals surface area contributed by atoms with E-state index in [1.165, 1.54) is 38.0 Å². The summed E-state index contributed by atoms with van der Waals surface area (Å²) in [4.78, 5) is 9.45. The zero-order chi connectivity index (χ0) is 20.3. The summed E-state index contributed by atoms with van der Waals surface area (Å²) in [6, 6.07) is 8.66. The van der Waals surface area contributed by atoms with E-state index >= 15 is 0 Å². The van der Waals surface area contributed by atoms with Crippen molar-refractivity contribution >= 4 is 5.96 Å². The topological polar surface area (TPSA) is 61.4 Å². The van der Waals surface area contributed by atoms with Gasteiger partial charge in [0.2, 0.25) is 0 Å². The lowest BCUT2D eigenvalue weighted by atomic mass is 10.0. The Kier molecular flexibility index (Phi) is 9.05. The quantitative estimate of drug-likeness (QED) is 0.372. The van der Waals surface area contributed by atoms with Crippen LogP contribution < -0.4 is 15.4 Å². The van der Waals surface area contributed by atoms with Crippen LogP contribution in [0.15, 0.2) is 29.3 Å². The number of nitrogens with one attached hydrogen (secondary N) is 2. The van der Waals surface area contributed by atoms with Gasteiger partial charge in [-0.1, -0.05) is 12.1 Å². The van der Waals surface area contributed by atoms with Crippen molar-refractivity contribution in [1.29, 1.82) is 0 Å². The Hall–Kier alpha value is -1.83. The van der Waals surface area contributed by atoms with Crippen LogP contribution in [-0.4, -0.2) is 88.9 Å². The molecule has 1 atom stereocenters. The third-order valence-corrected chi connectivity index (χ3v) is 5.82. The van der Waals surface area contributed by atoms with Gasteiger partial charge in [0.1, 0.15) is 5.75 Å². The van der Waals surface area contributed by atoms with E-state index in [9.17, 15) is 0 Å². The highest BCUT2D eigenvalue weighted by atomic mass is 16.5. The Labute approximate surface area is 175 Å². The second-order valence-corrected chi connectivity index (χ2v) is 7.72. The monoisotopic (exact) mass is 403 g/mol. The van der Waals surface area contributed by atoms with Crippen molar-refractivity contribution in [1.82, 2.24) is 20.4 Å². The van der Waals surface area contributed by atoms with Crippen LogP contribution in [0.25, 0.3) is 0 Å². The molecule has 3 rings (SSSR count). The van der Waals surface area contributed by atoms with Gasteiger partial charge in [0.15, 0.2) is 5.96 Å². The molecule has 1 aromatic carbocycles. The number of rotatable bonds is 9. The van der Waals surface area contributed by atoms with E-state index in [2.05, 4.69) is 37.6 Å². The van der Waals surface area contributed by atoms with Crippen molar-refractivity contribution in [2.24, 2.45) is 4.99 Å². The molecule has 2 aliphatic rings. The van der Waals surface area contributed by atoms with E-state index in [-0.39, 0.29) is 6.04 Å². The van der Waals surface area contributed by atoms with Crippen molar-refractivity contribution in [2.45, 2.75) is 25.3 Å². The third kappa shape index (κ3) is 6.87. The second kappa shape index (κ2) is 12.0. The van der Waals surface area contributed by atoms with Crippen molar-refractivity contribution in [3.63, 3.8) is 0 Å². The number of aliphatic imine (C=N–C) groups is 1. The molecule has 2 aliphatic heterocycles. The van der Waals surface area contributed by atoms with Crippen LogP contribution in [0.4, 0.5) is 0 Å². The zero-order valence-electron chi connectivity index (χ0n) is 18.0. The molecule has 1 aromatic rings. The van der Waals surface area contributed by atoms with Gasteiger partial charge >= 0.3 is 0 Å². The Morgan fingerprint density at radius 1 is 1.10 bits per heavy atom. The maximum atomic E-state index is 5.55. The summed E-state index contributed by atoms with van der Waals surface area (Å²) in [6.07, 6.45) is 3.85. The molecule has 2 fully saturated rings. The number of methoxy groups -OCH3 is 1. The Balaban J connectivity index is 1.51. The van der Waals surface area contributed by atoms with Gasteiger partial charge in [-0.15, -0.1) is 0 Å².